The molecule has 1 aromatic rings. The number of carbonyl (C=O) groups excluding carboxylic acids is 1. The zero-order valence-corrected chi connectivity index (χ0v) is 21.4. The standard InChI is InChI=1S/C26H42O5Si/c1-5-29-32(30-6-2,31-7-3)21-9-8-10-22-11-16-24(17-12-22)25-18-13-23(14-19-25)15-20-26(27)28-4/h13-15,18-20,22,24H,5-12,16-17,21H2,1-4H3/b20-15+. The summed E-state index contributed by atoms with van der Waals surface area (Å²) in [5.41, 5.74) is 2.44. The highest BCUT2D eigenvalue weighted by molar-refractivity contribution is 6.60. The summed E-state index contributed by atoms with van der Waals surface area (Å²) < 4.78 is 22.6. The first-order chi connectivity index (χ1) is 15.6. The van der Waals surface area contributed by atoms with Crippen molar-refractivity contribution in [3.8, 4) is 0 Å². The smallest absolute Gasteiger partial charge is 0.466 e. The molecule has 5 nitrogen and oxygen atoms in total. The van der Waals surface area contributed by atoms with Gasteiger partial charge in [0, 0.05) is 31.9 Å². The second kappa shape index (κ2) is 14.6. The summed E-state index contributed by atoms with van der Waals surface area (Å²) in [6.45, 7) is 8.01. The van der Waals surface area contributed by atoms with Gasteiger partial charge in [-0.3, -0.25) is 0 Å². The van der Waals surface area contributed by atoms with Crippen LogP contribution >= 0.6 is 0 Å². The molecular formula is C26H42O5Si. The Bertz CT molecular complexity index is 663. The molecule has 1 aliphatic rings. The van der Waals surface area contributed by atoms with Gasteiger partial charge in [-0.15, -0.1) is 0 Å². The molecule has 0 aliphatic heterocycles. The molecule has 0 unspecified atom stereocenters. The van der Waals surface area contributed by atoms with Gasteiger partial charge in [-0.1, -0.05) is 37.1 Å². The van der Waals surface area contributed by atoms with Gasteiger partial charge in [0.05, 0.1) is 7.11 Å². The Balaban J connectivity index is 1.73. The Morgan fingerprint density at radius 3 is 2.06 bits per heavy atom. The molecule has 2 rings (SSSR count). The van der Waals surface area contributed by atoms with Gasteiger partial charge in [0.1, 0.15) is 0 Å². The normalized spacial score (nSPS) is 19.4. The number of carbonyl (C=O) groups is 1. The molecule has 0 saturated heterocycles. The molecule has 180 valence electrons. The Morgan fingerprint density at radius 1 is 0.938 bits per heavy atom. The third-order valence-corrected chi connectivity index (χ3v) is 9.46. The molecule has 1 aromatic carbocycles. The van der Waals surface area contributed by atoms with Crippen LogP contribution in [-0.4, -0.2) is 41.7 Å². The fourth-order valence-electron chi connectivity index (χ4n) is 4.67. The molecule has 0 amide bonds. The van der Waals surface area contributed by atoms with Crippen LogP contribution in [0, 0.1) is 5.92 Å². The number of rotatable bonds is 14. The average molecular weight is 463 g/mol. The van der Waals surface area contributed by atoms with Crippen molar-refractivity contribution < 1.29 is 22.8 Å². The lowest BCUT2D eigenvalue weighted by molar-refractivity contribution is -0.134. The Kier molecular flexibility index (Phi) is 12.2. The van der Waals surface area contributed by atoms with Crippen LogP contribution in [0.2, 0.25) is 6.04 Å². The second-order valence-electron chi connectivity index (χ2n) is 8.47. The molecular weight excluding hydrogens is 420 g/mol. The zero-order valence-electron chi connectivity index (χ0n) is 20.4. The van der Waals surface area contributed by atoms with Gasteiger partial charge < -0.3 is 18.0 Å². The summed E-state index contributed by atoms with van der Waals surface area (Å²) in [5.74, 6) is 1.16. The predicted octanol–water partition coefficient (Wildman–Crippen LogP) is 6.37. The first kappa shape index (κ1) is 26.8. The lowest BCUT2D eigenvalue weighted by Crippen LogP contribution is -2.45. The SMILES string of the molecule is CCO[Si](CCCCC1CCC(c2ccc(/C=C/C(=O)OC)cc2)CC1)(OCC)OCC. The number of unbranched alkanes of at least 4 members (excludes halogenated alkanes) is 1. The van der Waals surface area contributed by atoms with E-state index in [0.717, 1.165) is 23.9 Å². The summed E-state index contributed by atoms with van der Waals surface area (Å²) in [4.78, 5) is 11.2. The van der Waals surface area contributed by atoms with Crippen molar-refractivity contribution in [2.24, 2.45) is 5.92 Å². The summed E-state index contributed by atoms with van der Waals surface area (Å²) in [6.07, 6.45) is 12.0. The van der Waals surface area contributed by atoms with Gasteiger partial charge in [0.25, 0.3) is 0 Å². The van der Waals surface area contributed by atoms with Crippen molar-refractivity contribution in [2.75, 3.05) is 26.9 Å². The Hall–Kier alpha value is -1.47. The predicted molar refractivity (Wildman–Crippen MR) is 131 cm³/mol. The maximum Gasteiger partial charge on any atom is 0.500 e. The van der Waals surface area contributed by atoms with E-state index >= 15 is 0 Å². The van der Waals surface area contributed by atoms with E-state index in [1.165, 1.54) is 57.3 Å². The molecule has 0 N–H and O–H groups in total. The number of hydrogen-bond donors (Lipinski definition) is 0. The summed E-state index contributed by atoms with van der Waals surface area (Å²) in [7, 11) is -1.09. The molecule has 32 heavy (non-hydrogen) atoms. The summed E-state index contributed by atoms with van der Waals surface area (Å²) >= 11 is 0. The number of ether oxygens (including phenoxy) is 1. The lowest BCUT2D eigenvalue weighted by Gasteiger charge is -2.30. The van der Waals surface area contributed by atoms with E-state index in [1.807, 2.05) is 20.8 Å². The highest BCUT2D eigenvalue weighted by Gasteiger charge is 2.39. The van der Waals surface area contributed by atoms with Crippen molar-refractivity contribution in [1.29, 1.82) is 0 Å². The van der Waals surface area contributed by atoms with Crippen molar-refractivity contribution in [3.05, 3.63) is 41.5 Å². The number of benzene rings is 1. The van der Waals surface area contributed by atoms with Crippen LogP contribution in [0.25, 0.3) is 6.08 Å². The van der Waals surface area contributed by atoms with E-state index in [2.05, 4.69) is 29.0 Å². The molecule has 1 saturated carbocycles. The first-order valence-corrected chi connectivity index (χ1v) is 14.3. The molecule has 1 aliphatic carbocycles. The monoisotopic (exact) mass is 462 g/mol. The van der Waals surface area contributed by atoms with Crippen molar-refractivity contribution in [3.63, 3.8) is 0 Å². The lowest BCUT2D eigenvalue weighted by atomic mass is 9.77. The van der Waals surface area contributed by atoms with Crippen molar-refractivity contribution in [1.82, 2.24) is 0 Å². The molecule has 0 aromatic heterocycles. The third-order valence-electron chi connectivity index (χ3n) is 6.31. The van der Waals surface area contributed by atoms with Crippen molar-refractivity contribution in [2.45, 2.75) is 77.7 Å². The van der Waals surface area contributed by atoms with Gasteiger partial charge in [-0.05, 0) is 81.9 Å². The van der Waals surface area contributed by atoms with E-state index in [0.29, 0.717) is 25.7 Å². The van der Waals surface area contributed by atoms with Gasteiger partial charge >= 0.3 is 14.8 Å². The van der Waals surface area contributed by atoms with E-state index in [4.69, 9.17) is 13.3 Å². The van der Waals surface area contributed by atoms with Crippen LogP contribution in [0.5, 0.6) is 0 Å². The van der Waals surface area contributed by atoms with Crippen LogP contribution in [-0.2, 0) is 22.8 Å². The largest absolute Gasteiger partial charge is 0.500 e. The first-order valence-electron chi connectivity index (χ1n) is 12.3. The minimum absolute atomic E-state index is 0.325. The third kappa shape index (κ3) is 8.81. The molecule has 0 spiro atoms. The van der Waals surface area contributed by atoms with Gasteiger partial charge in [0.15, 0.2) is 0 Å². The fourth-order valence-corrected chi connectivity index (χ4v) is 7.36. The average Bonchev–Trinajstić information content (AvgIpc) is 2.81. The van der Waals surface area contributed by atoms with Crippen LogP contribution in [0.15, 0.2) is 30.3 Å². The Morgan fingerprint density at radius 2 is 1.53 bits per heavy atom. The van der Waals surface area contributed by atoms with E-state index in [-0.39, 0.29) is 5.97 Å². The number of methoxy groups -OCH3 is 1. The number of esters is 1. The van der Waals surface area contributed by atoms with Crippen LogP contribution in [0.1, 0.15) is 82.8 Å². The summed E-state index contributed by atoms with van der Waals surface area (Å²) in [5, 5.41) is 0. The quantitative estimate of drug-likeness (QED) is 0.139. The minimum atomic E-state index is -2.49. The van der Waals surface area contributed by atoms with Gasteiger partial charge in [-0.25, -0.2) is 4.79 Å². The van der Waals surface area contributed by atoms with Crippen molar-refractivity contribution >= 4 is 20.8 Å². The summed E-state index contributed by atoms with van der Waals surface area (Å²) in [6, 6.07) is 9.52. The van der Waals surface area contributed by atoms with Crippen LogP contribution < -0.4 is 0 Å². The van der Waals surface area contributed by atoms with Gasteiger partial charge in [-0.2, -0.15) is 0 Å². The minimum Gasteiger partial charge on any atom is -0.466 e. The second-order valence-corrected chi connectivity index (χ2v) is 11.2. The maximum atomic E-state index is 11.2. The van der Waals surface area contributed by atoms with E-state index in [1.54, 1.807) is 6.08 Å². The molecule has 0 radical (unpaired) electrons. The zero-order chi connectivity index (χ0) is 23.2. The van der Waals surface area contributed by atoms with Gasteiger partial charge in [0.2, 0.25) is 0 Å². The van der Waals surface area contributed by atoms with E-state index < -0.39 is 8.80 Å². The molecule has 6 heteroatoms. The van der Waals surface area contributed by atoms with Crippen LogP contribution in [0.4, 0.5) is 0 Å². The molecule has 0 bridgehead atoms. The fraction of sp³-hybridized carbons (Fsp3) is 0.654. The van der Waals surface area contributed by atoms with E-state index in [9.17, 15) is 4.79 Å². The number of hydrogen-bond acceptors (Lipinski definition) is 5. The Labute approximate surface area is 195 Å². The van der Waals surface area contributed by atoms with Crippen LogP contribution in [0.3, 0.4) is 0 Å². The maximum absolute atomic E-state index is 11.2. The molecule has 1 fully saturated rings. The molecule has 0 atom stereocenters. The molecule has 0 heterocycles. The topological polar surface area (TPSA) is 54.0 Å². The highest BCUT2D eigenvalue weighted by atomic mass is 28.4. The highest BCUT2D eigenvalue weighted by Crippen LogP contribution is 2.38.